The number of amides is 2. The van der Waals surface area contributed by atoms with Gasteiger partial charge < -0.3 is 16.0 Å². The molecule has 0 saturated carbocycles. The van der Waals surface area contributed by atoms with Crippen molar-refractivity contribution in [1.29, 1.82) is 0 Å². The predicted octanol–water partition coefficient (Wildman–Crippen LogP) is 4.50. The molecular weight excluding hydrogens is 549 g/mol. The van der Waals surface area contributed by atoms with Gasteiger partial charge in [0.05, 0.1) is 6.20 Å². The highest BCUT2D eigenvalue weighted by atomic mass is 35.5. The first-order chi connectivity index (χ1) is 19.0. The van der Waals surface area contributed by atoms with Crippen LogP contribution in [0.25, 0.3) is 16.8 Å². The molecule has 0 unspecified atom stereocenters. The number of fused-ring (bicyclic) bond motifs is 2. The number of anilines is 2. The van der Waals surface area contributed by atoms with Gasteiger partial charge in [-0.25, -0.2) is 9.97 Å². The summed E-state index contributed by atoms with van der Waals surface area (Å²) in [6.45, 7) is 0.545. The van der Waals surface area contributed by atoms with E-state index < -0.39 is 17.8 Å². The molecule has 0 aliphatic carbocycles. The summed E-state index contributed by atoms with van der Waals surface area (Å²) in [7, 11) is 1.15. The highest BCUT2D eigenvalue weighted by Gasteiger charge is 2.39. The second kappa shape index (κ2) is 9.51. The van der Waals surface area contributed by atoms with Crippen molar-refractivity contribution >= 4 is 40.6 Å². The van der Waals surface area contributed by atoms with Crippen LogP contribution in [0, 0.1) is 0 Å². The smallest absolute Gasteiger partial charge is 0.382 e. The highest BCUT2D eigenvalue weighted by Crippen LogP contribution is 2.39. The first-order valence-electron chi connectivity index (χ1n) is 12.7. The topological polar surface area (TPSA) is 123 Å². The largest absolute Gasteiger partial charge is 0.433 e. The molecule has 0 radical (unpaired) electrons. The van der Waals surface area contributed by atoms with Crippen molar-refractivity contribution in [2.45, 2.75) is 43.8 Å². The van der Waals surface area contributed by atoms with Crippen LogP contribution in [0.5, 0.6) is 0 Å². The molecule has 2 fully saturated rings. The summed E-state index contributed by atoms with van der Waals surface area (Å²) in [6, 6.07) is 7.44. The first kappa shape index (κ1) is 26.1. The van der Waals surface area contributed by atoms with E-state index >= 15 is 0 Å². The minimum Gasteiger partial charge on any atom is -0.382 e. The summed E-state index contributed by atoms with van der Waals surface area (Å²) in [5.41, 5.74) is 7.18. The van der Waals surface area contributed by atoms with Gasteiger partial charge in [-0.05, 0) is 31.4 Å². The number of benzene rings is 1. The number of halogens is 4. The number of nitrogen functional groups attached to an aromatic ring is 1. The van der Waals surface area contributed by atoms with E-state index in [4.69, 9.17) is 22.3 Å². The number of hydrogen-bond donors (Lipinski definition) is 2. The number of carbonyl (C=O) groups is 2. The van der Waals surface area contributed by atoms with Crippen LogP contribution in [0.15, 0.2) is 36.5 Å². The molecule has 6 rings (SSSR count). The van der Waals surface area contributed by atoms with Gasteiger partial charge in [0.1, 0.15) is 33.7 Å². The van der Waals surface area contributed by atoms with Crippen LogP contribution in [0.4, 0.5) is 24.8 Å². The van der Waals surface area contributed by atoms with Crippen molar-refractivity contribution < 1.29 is 22.8 Å². The summed E-state index contributed by atoms with van der Waals surface area (Å²) in [4.78, 5) is 36.2. The third-order valence-corrected chi connectivity index (χ3v) is 7.85. The normalized spacial score (nSPS) is 19.3. The lowest BCUT2D eigenvalue weighted by molar-refractivity contribution is -0.143. The van der Waals surface area contributed by atoms with E-state index in [1.54, 1.807) is 16.5 Å². The number of piperidine rings is 1. The van der Waals surface area contributed by atoms with Crippen molar-refractivity contribution in [1.82, 2.24) is 29.0 Å². The zero-order chi connectivity index (χ0) is 28.3. The molecule has 5 heterocycles. The molecule has 208 valence electrons. The maximum atomic E-state index is 13.1. The molecule has 14 heteroatoms. The Hall–Kier alpha value is -4.13. The second-order valence-corrected chi connectivity index (χ2v) is 10.4. The van der Waals surface area contributed by atoms with Gasteiger partial charge in [0.15, 0.2) is 5.82 Å². The number of nitrogens with one attached hydrogen (secondary N) is 1. The van der Waals surface area contributed by atoms with E-state index in [2.05, 4.69) is 15.4 Å². The Balaban J connectivity index is 1.31. The number of imidazole rings is 1. The monoisotopic (exact) mass is 572 g/mol. The van der Waals surface area contributed by atoms with Gasteiger partial charge in [-0.15, -0.1) is 0 Å². The van der Waals surface area contributed by atoms with E-state index in [1.807, 2.05) is 4.90 Å². The molecule has 40 heavy (non-hydrogen) atoms. The standard InChI is InChI=1S/C26H24ClF3N8O2/c1-36-17(26(28,29)30)10-19(35-36)33-25(40)14-4-2-13(3-5-14)21-22-23(31)32-11-18(27)38(22)24(34-21)15-6-7-16-8-9-20(39)37(16)12-15/h2-5,10-11,15-16H,6-9,12H2,1H3,(H2,31,32)(H,33,35,40)/t15-,16+/m1/s1. The van der Waals surface area contributed by atoms with Gasteiger partial charge in [0, 0.05) is 49.2 Å². The van der Waals surface area contributed by atoms with Crippen LogP contribution in [-0.4, -0.2) is 53.5 Å². The fourth-order valence-corrected chi connectivity index (χ4v) is 5.87. The molecule has 0 spiro atoms. The molecule has 2 amide bonds. The predicted molar refractivity (Wildman–Crippen MR) is 141 cm³/mol. The fraction of sp³-hybridized carbons (Fsp3) is 0.346. The first-order valence-corrected chi connectivity index (χ1v) is 13.0. The average molecular weight is 573 g/mol. The minimum atomic E-state index is -4.60. The summed E-state index contributed by atoms with van der Waals surface area (Å²) in [5.74, 6) is 0.167. The zero-order valence-electron chi connectivity index (χ0n) is 21.2. The van der Waals surface area contributed by atoms with Gasteiger partial charge in [-0.1, -0.05) is 23.7 Å². The molecule has 3 aromatic heterocycles. The van der Waals surface area contributed by atoms with E-state index in [0.29, 0.717) is 45.4 Å². The summed E-state index contributed by atoms with van der Waals surface area (Å²) < 4.78 is 41.6. The Labute approximate surface area is 230 Å². The Morgan fingerprint density at radius 3 is 2.62 bits per heavy atom. The number of alkyl halides is 3. The summed E-state index contributed by atoms with van der Waals surface area (Å²) in [6.07, 6.45) is 0.0205. The lowest BCUT2D eigenvalue weighted by Gasteiger charge is -2.34. The van der Waals surface area contributed by atoms with E-state index in [1.165, 1.54) is 18.3 Å². The van der Waals surface area contributed by atoms with Crippen molar-refractivity contribution in [3.8, 4) is 11.3 Å². The molecule has 4 aromatic rings. The molecule has 2 saturated heterocycles. The molecule has 10 nitrogen and oxygen atoms in total. The van der Waals surface area contributed by atoms with Crippen LogP contribution in [-0.2, 0) is 18.0 Å². The number of aromatic nitrogens is 5. The maximum Gasteiger partial charge on any atom is 0.433 e. The molecule has 1 aromatic carbocycles. The van der Waals surface area contributed by atoms with E-state index in [0.717, 1.165) is 32.4 Å². The molecule has 3 N–H and O–H groups in total. The van der Waals surface area contributed by atoms with Crippen molar-refractivity contribution in [3.05, 3.63) is 58.8 Å². The number of nitrogens with two attached hydrogens (primary N) is 1. The van der Waals surface area contributed by atoms with Crippen LogP contribution >= 0.6 is 11.6 Å². The van der Waals surface area contributed by atoms with E-state index in [9.17, 15) is 22.8 Å². The van der Waals surface area contributed by atoms with Crippen molar-refractivity contribution in [2.75, 3.05) is 17.6 Å². The Morgan fingerprint density at radius 2 is 1.93 bits per heavy atom. The fourth-order valence-electron chi connectivity index (χ4n) is 5.65. The van der Waals surface area contributed by atoms with E-state index in [-0.39, 0.29) is 35.1 Å². The highest BCUT2D eigenvalue weighted by molar-refractivity contribution is 6.30. The van der Waals surface area contributed by atoms with Gasteiger partial charge in [-0.3, -0.25) is 18.7 Å². The van der Waals surface area contributed by atoms with Gasteiger partial charge in [0.2, 0.25) is 5.91 Å². The van der Waals surface area contributed by atoms with Crippen molar-refractivity contribution in [2.24, 2.45) is 7.05 Å². The van der Waals surface area contributed by atoms with Gasteiger partial charge >= 0.3 is 6.18 Å². The molecule has 2 aliphatic rings. The minimum absolute atomic E-state index is 0.0520. The van der Waals surface area contributed by atoms with Crippen LogP contribution in [0.2, 0.25) is 5.15 Å². The lowest BCUT2D eigenvalue weighted by atomic mass is 9.92. The third-order valence-electron chi connectivity index (χ3n) is 7.59. The number of hydrogen-bond acceptors (Lipinski definition) is 6. The Kier molecular flexibility index (Phi) is 6.21. The Morgan fingerprint density at radius 1 is 1.18 bits per heavy atom. The third kappa shape index (κ3) is 4.43. The van der Waals surface area contributed by atoms with Crippen molar-refractivity contribution in [3.63, 3.8) is 0 Å². The van der Waals surface area contributed by atoms with Crippen LogP contribution in [0.3, 0.4) is 0 Å². The van der Waals surface area contributed by atoms with Gasteiger partial charge in [0.25, 0.3) is 5.91 Å². The summed E-state index contributed by atoms with van der Waals surface area (Å²) in [5, 5.41) is 6.45. The SMILES string of the molecule is Cn1nc(NC(=O)c2ccc(-c3nc([C@@H]4CC[C@H]5CCC(=O)N5C4)n4c(Cl)cnc(N)c34)cc2)cc1C(F)(F)F. The molecule has 0 bridgehead atoms. The molecule has 2 atom stereocenters. The van der Waals surface area contributed by atoms with Crippen LogP contribution < -0.4 is 11.1 Å². The second-order valence-electron chi connectivity index (χ2n) is 10.0. The average Bonchev–Trinajstić information content (AvgIpc) is 3.61. The molecular formula is C26H24ClF3N8O2. The maximum absolute atomic E-state index is 13.1. The number of nitrogens with zero attached hydrogens (tertiary/aromatic N) is 6. The molecule has 2 aliphatic heterocycles. The quantitative estimate of drug-likeness (QED) is 0.371. The Bertz CT molecular complexity index is 1650. The van der Waals surface area contributed by atoms with Crippen LogP contribution in [0.1, 0.15) is 53.5 Å². The summed E-state index contributed by atoms with van der Waals surface area (Å²) >= 11 is 6.57. The zero-order valence-corrected chi connectivity index (χ0v) is 22.0. The number of rotatable bonds is 4. The number of aryl methyl sites for hydroxylation is 1. The van der Waals surface area contributed by atoms with Gasteiger partial charge in [-0.2, -0.15) is 18.3 Å². The number of carbonyl (C=O) groups excluding carboxylic acids is 2. The lowest BCUT2D eigenvalue weighted by Crippen LogP contribution is -2.41.